The van der Waals surface area contributed by atoms with Gasteiger partial charge in [0.15, 0.2) is 0 Å². The molecular weight excluding hydrogens is 310 g/mol. The lowest BCUT2D eigenvalue weighted by molar-refractivity contribution is 0.0947. The predicted molar refractivity (Wildman–Crippen MR) is 91.0 cm³/mol. The molecule has 1 amide bonds. The maximum atomic E-state index is 11.8. The van der Waals surface area contributed by atoms with Crippen molar-refractivity contribution in [2.24, 2.45) is 0 Å². The van der Waals surface area contributed by atoms with E-state index in [1.165, 1.54) is 11.3 Å². The number of nitrogens with one attached hydrogen (secondary N) is 1. The van der Waals surface area contributed by atoms with Crippen LogP contribution in [0.2, 0.25) is 0 Å². The Morgan fingerprint density at radius 3 is 3.00 bits per heavy atom. The molecule has 0 aliphatic heterocycles. The van der Waals surface area contributed by atoms with Crippen LogP contribution >= 0.6 is 11.3 Å². The van der Waals surface area contributed by atoms with E-state index in [9.17, 15) is 4.79 Å². The number of carbonyl (C=O) groups is 1. The molecule has 2 aromatic heterocycles. The van der Waals surface area contributed by atoms with Crippen LogP contribution in [0, 0.1) is 6.92 Å². The molecule has 6 heteroatoms. The third kappa shape index (κ3) is 3.84. The molecule has 1 N–H and O–H groups in total. The minimum Gasteiger partial charge on any atom is -0.491 e. The summed E-state index contributed by atoms with van der Waals surface area (Å²) in [6, 6.07) is 9.77. The number of nitrogens with zero attached hydrogens (tertiary/aromatic N) is 2. The number of thiazole rings is 1. The van der Waals surface area contributed by atoms with Crippen LogP contribution < -0.4 is 10.1 Å². The van der Waals surface area contributed by atoms with Crippen LogP contribution in [0.5, 0.6) is 5.75 Å². The van der Waals surface area contributed by atoms with Crippen molar-refractivity contribution in [3.63, 3.8) is 0 Å². The molecule has 1 aromatic carbocycles. The van der Waals surface area contributed by atoms with Crippen molar-refractivity contribution in [3.8, 4) is 5.75 Å². The van der Waals surface area contributed by atoms with Gasteiger partial charge in [0.05, 0.1) is 11.6 Å². The summed E-state index contributed by atoms with van der Waals surface area (Å²) < 4.78 is 5.78. The molecule has 0 spiro atoms. The number of ether oxygens (including phenoxy) is 1. The molecule has 0 unspecified atom stereocenters. The zero-order chi connectivity index (χ0) is 16.1. The van der Waals surface area contributed by atoms with E-state index in [1.807, 2.05) is 37.3 Å². The summed E-state index contributed by atoms with van der Waals surface area (Å²) in [4.78, 5) is 20.4. The Morgan fingerprint density at radius 2 is 2.17 bits per heavy atom. The Bertz CT molecular complexity index is 811. The number of carbonyl (C=O) groups excluding carboxylic acids is 1. The summed E-state index contributed by atoms with van der Waals surface area (Å²) in [7, 11) is 0. The average molecular weight is 327 g/mol. The summed E-state index contributed by atoms with van der Waals surface area (Å²) in [6.45, 7) is 2.95. The van der Waals surface area contributed by atoms with Crippen LogP contribution in [-0.4, -0.2) is 29.0 Å². The molecule has 3 rings (SSSR count). The number of aromatic nitrogens is 2. The quantitative estimate of drug-likeness (QED) is 0.706. The third-order valence-corrected chi connectivity index (χ3v) is 4.09. The highest BCUT2D eigenvalue weighted by molar-refractivity contribution is 7.09. The van der Waals surface area contributed by atoms with Gasteiger partial charge < -0.3 is 10.1 Å². The molecule has 0 saturated heterocycles. The van der Waals surface area contributed by atoms with E-state index >= 15 is 0 Å². The first kappa shape index (κ1) is 15.4. The third-order valence-electron chi connectivity index (χ3n) is 3.31. The normalized spacial score (nSPS) is 10.7. The van der Waals surface area contributed by atoms with E-state index in [0.29, 0.717) is 18.8 Å². The zero-order valence-corrected chi connectivity index (χ0v) is 13.6. The average Bonchev–Trinajstić information content (AvgIpc) is 3.01. The second-order valence-corrected chi connectivity index (χ2v) is 6.10. The first-order valence-corrected chi connectivity index (χ1v) is 8.29. The molecule has 0 radical (unpaired) electrons. The van der Waals surface area contributed by atoms with E-state index in [1.54, 1.807) is 11.6 Å². The highest BCUT2D eigenvalue weighted by atomic mass is 32.1. The number of hydrogen-bond donors (Lipinski definition) is 1. The Morgan fingerprint density at radius 1 is 1.30 bits per heavy atom. The number of rotatable bonds is 6. The molecule has 3 aromatic rings. The van der Waals surface area contributed by atoms with Gasteiger partial charge in [-0.05, 0) is 25.5 Å². The molecule has 5 nitrogen and oxygen atoms in total. The lowest BCUT2D eigenvalue weighted by atomic mass is 10.2. The molecular formula is C17H17N3O2S. The first-order valence-electron chi connectivity index (χ1n) is 7.41. The number of amides is 1. The van der Waals surface area contributed by atoms with E-state index in [-0.39, 0.29) is 5.91 Å². The van der Waals surface area contributed by atoms with Crippen molar-refractivity contribution in [1.29, 1.82) is 0 Å². The zero-order valence-electron chi connectivity index (χ0n) is 12.8. The Balaban J connectivity index is 1.47. The number of pyridine rings is 1. The summed E-state index contributed by atoms with van der Waals surface area (Å²) in [6.07, 6.45) is 2.48. The smallest absolute Gasteiger partial charge is 0.270 e. The van der Waals surface area contributed by atoms with Crippen LogP contribution in [0.15, 0.2) is 41.9 Å². The van der Waals surface area contributed by atoms with Crippen LogP contribution in [-0.2, 0) is 0 Å². The highest BCUT2D eigenvalue weighted by Crippen LogP contribution is 2.22. The van der Waals surface area contributed by atoms with Gasteiger partial charge in [0.1, 0.15) is 17.0 Å². The van der Waals surface area contributed by atoms with Gasteiger partial charge in [0.25, 0.3) is 5.91 Å². The standard InChI is InChI=1S/C17H17N3O2S/c1-12-20-14(11-23-12)17(21)19-9-4-10-22-15-7-2-5-13-6-3-8-18-16(13)15/h2-3,5-8,11H,4,9-10H2,1H3,(H,19,21). The Hall–Kier alpha value is -2.47. The van der Waals surface area contributed by atoms with Crippen LogP contribution in [0.1, 0.15) is 21.9 Å². The van der Waals surface area contributed by atoms with Crippen LogP contribution in [0.3, 0.4) is 0 Å². The summed E-state index contributed by atoms with van der Waals surface area (Å²) >= 11 is 1.47. The van der Waals surface area contributed by atoms with E-state index in [2.05, 4.69) is 15.3 Å². The topological polar surface area (TPSA) is 64.1 Å². The molecule has 0 aliphatic rings. The summed E-state index contributed by atoms with van der Waals surface area (Å²) in [5.74, 6) is 0.630. The van der Waals surface area contributed by atoms with Gasteiger partial charge in [-0.3, -0.25) is 9.78 Å². The first-order chi connectivity index (χ1) is 11.2. The largest absolute Gasteiger partial charge is 0.491 e. The highest BCUT2D eigenvalue weighted by Gasteiger charge is 2.08. The fourth-order valence-electron chi connectivity index (χ4n) is 2.21. The van der Waals surface area contributed by atoms with E-state index in [0.717, 1.165) is 28.1 Å². The predicted octanol–water partition coefficient (Wildman–Crippen LogP) is 3.20. The van der Waals surface area contributed by atoms with Crippen LogP contribution in [0.4, 0.5) is 0 Å². The van der Waals surface area contributed by atoms with Crippen molar-refractivity contribution in [1.82, 2.24) is 15.3 Å². The molecule has 0 bridgehead atoms. The van der Waals surface area contributed by atoms with Gasteiger partial charge in [0, 0.05) is 23.5 Å². The second kappa shape index (κ2) is 7.19. The minimum atomic E-state index is -0.138. The lowest BCUT2D eigenvalue weighted by Gasteiger charge is -2.08. The van der Waals surface area contributed by atoms with E-state index in [4.69, 9.17) is 4.74 Å². The van der Waals surface area contributed by atoms with E-state index < -0.39 is 0 Å². The fourth-order valence-corrected chi connectivity index (χ4v) is 2.80. The molecule has 118 valence electrons. The molecule has 0 aliphatic carbocycles. The van der Waals surface area contributed by atoms with Crippen molar-refractivity contribution in [3.05, 3.63) is 52.6 Å². The maximum absolute atomic E-state index is 11.8. The Labute approximate surface area is 138 Å². The number of benzene rings is 1. The van der Waals surface area contributed by atoms with Gasteiger partial charge in [-0.1, -0.05) is 18.2 Å². The number of fused-ring (bicyclic) bond motifs is 1. The molecule has 0 saturated carbocycles. The van der Waals surface area contributed by atoms with Gasteiger partial charge in [-0.25, -0.2) is 4.98 Å². The number of aryl methyl sites for hydroxylation is 1. The van der Waals surface area contributed by atoms with Crippen molar-refractivity contribution in [2.75, 3.05) is 13.2 Å². The number of hydrogen-bond acceptors (Lipinski definition) is 5. The van der Waals surface area contributed by atoms with Crippen LogP contribution in [0.25, 0.3) is 10.9 Å². The SMILES string of the molecule is Cc1nc(C(=O)NCCCOc2cccc3cccnc23)cs1. The van der Waals surface area contributed by atoms with Gasteiger partial charge in [0.2, 0.25) is 0 Å². The molecule has 23 heavy (non-hydrogen) atoms. The van der Waals surface area contributed by atoms with Gasteiger partial charge in [-0.15, -0.1) is 11.3 Å². The van der Waals surface area contributed by atoms with Gasteiger partial charge >= 0.3 is 0 Å². The monoisotopic (exact) mass is 327 g/mol. The van der Waals surface area contributed by atoms with Crippen molar-refractivity contribution in [2.45, 2.75) is 13.3 Å². The summed E-state index contributed by atoms with van der Waals surface area (Å²) in [5.41, 5.74) is 1.34. The Kier molecular flexibility index (Phi) is 4.83. The molecule has 0 fully saturated rings. The fraction of sp³-hybridized carbons (Fsp3) is 0.235. The van der Waals surface area contributed by atoms with Crippen molar-refractivity contribution >= 4 is 28.1 Å². The maximum Gasteiger partial charge on any atom is 0.270 e. The second-order valence-electron chi connectivity index (χ2n) is 5.04. The lowest BCUT2D eigenvalue weighted by Crippen LogP contribution is -2.25. The van der Waals surface area contributed by atoms with Gasteiger partial charge in [-0.2, -0.15) is 0 Å². The molecule has 0 atom stereocenters. The minimum absolute atomic E-state index is 0.138. The number of para-hydroxylation sites is 1. The van der Waals surface area contributed by atoms with Crippen molar-refractivity contribution < 1.29 is 9.53 Å². The molecule has 2 heterocycles. The summed E-state index contributed by atoms with van der Waals surface area (Å²) in [5, 5.41) is 6.56.